The van der Waals surface area contributed by atoms with Crippen LogP contribution in [0.25, 0.3) is 5.76 Å². The van der Waals surface area contributed by atoms with Gasteiger partial charge in [0, 0.05) is 21.6 Å². The number of Topliss-reactive ketones (excluding diaryl/α,β-unsaturated/α-hetero) is 1. The van der Waals surface area contributed by atoms with Crippen LogP contribution in [0.5, 0.6) is 5.75 Å². The molecule has 2 heterocycles. The van der Waals surface area contributed by atoms with E-state index in [9.17, 15) is 14.7 Å². The third kappa shape index (κ3) is 3.64. The number of carbonyl (C=O) groups excluding carboxylic acids is 2. The Morgan fingerprint density at radius 3 is 2.67 bits per heavy atom. The Hall–Kier alpha value is -2.97. The standard InChI is InChI=1S/C22H17BrN2O4S/c1-2-29-16-5-3-4-14(12-16)19(26)17-18(13-6-8-15(23)9-7-13)25(21(28)20(17)27)22-24-10-11-30-22/h3-12,18,26H,2H2,1H3. The molecule has 6 nitrogen and oxygen atoms in total. The Bertz CT molecular complexity index is 1130. The number of benzene rings is 2. The number of anilines is 1. The minimum absolute atomic E-state index is 0.0196. The second kappa shape index (κ2) is 8.41. The molecule has 1 atom stereocenters. The average Bonchev–Trinajstić information content (AvgIpc) is 3.36. The molecule has 1 unspecified atom stereocenters. The lowest BCUT2D eigenvalue weighted by Gasteiger charge is -2.23. The molecular formula is C22H17BrN2O4S. The molecule has 3 aromatic rings. The summed E-state index contributed by atoms with van der Waals surface area (Å²) in [6.45, 7) is 2.33. The summed E-state index contributed by atoms with van der Waals surface area (Å²) in [6, 6.07) is 13.3. The van der Waals surface area contributed by atoms with Gasteiger partial charge in [0.25, 0.3) is 5.78 Å². The monoisotopic (exact) mass is 484 g/mol. The minimum Gasteiger partial charge on any atom is -0.507 e. The van der Waals surface area contributed by atoms with Crippen LogP contribution < -0.4 is 9.64 Å². The van der Waals surface area contributed by atoms with Gasteiger partial charge in [-0.25, -0.2) is 4.98 Å². The summed E-state index contributed by atoms with van der Waals surface area (Å²) in [6.07, 6.45) is 1.57. The first-order valence-electron chi connectivity index (χ1n) is 9.20. The summed E-state index contributed by atoms with van der Waals surface area (Å²) in [5.41, 5.74) is 1.11. The van der Waals surface area contributed by atoms with Crippen molar-refractivity contribution in [2.24, 2.45) is 0 Å². The molecule has 1 aliphatic heterocycles. The molecule has 8 heteroatoms. The third-order valence-electron chi connectivity index (χ3n) is 4.67. The Labute approximate surface area is 185 Å². The zero-order chi connectivity index (χ0) is 21.3. The zero-order valence-corrected chi connectivity index (χ0v) is 18.3. The molecule has 152 valence electrons. The molecule has 0 radical (unpaired) electrons. The molecule has 0 saturated carbocycles. The Morgan fingerprint density at radius 2 is 2.00 bits per heavy atom. The summed E-state index contributed by atoms with van der Waals surface area (Å²) < 4.78 is 6.37. The van der Waals surface area contributed by atoms with Gasteiger partial charge in [-0.05, 0) is 36.8 Å². The van der Waals surface area contributed by atoms with Crippen LogP contribution in [-0.2, 0) is 9.59 Å². The Balaban J connectivity index is 1.90. The molecule has 0 aliphatic carbocycles. The number of ketones is 1. The maximum atomic E-state index is 13.0. The fourth-order valence-electron chi connectivity index (χ4n) is 3.38. The van der Waals surface area contributed by atoms with Crippen LogP contribution in [0.3, 0.4) is 0 Å². The van der Waals surface area contributed by atoms with Crippen LogP contribution in [0.2, 0.25) is 0 Å². The van der Waals surface area contributed by atoms with Crippen LogP contribution in [0, 0.1) is 0 Å². The normalized spacial score (nSPS) is 18.1. The largest absolute Gasteiger partial charge is 0.507 e. The molecule has 1 aliphatic rings. The summed E-state index contributed by atoms with van der Waals surface area (Å²) in [7, 11) is 0. The molecule has 30 heavy (non-hydrogen) atoms. The number of hydrogen-bond donors (Lipinski definition) is 1. The maximum absolute atomic E-state index is 13.0. The lowest BCUT2D eigenvalue weighted by Crippen LogP contribution is -2.29. The third-order valence-corrected chi connectivity index (χ3v) is 5.97. The molecule has 1 saturated heterocycles. The van der Waals surface area contributed by atoms with Crippen LogP contribution in [0.15, 0.2) is 70.2 Å². The van der Waals surface area contributed by atoms with Gasteiger partial charge in [0.1, 0.15) is 11.5 Å². The van der Waals surface area contributed by atoms with E-state index in [-0.39, 0.29) is 11.3 Å². The number of thiazole rings is 1. The van der Waals surface area contributed by atoms with Crippen LogP contribution >= 0.6 is 27.3 Å². The summed E-state index contributed by atoms with van der Waals surface area (Å²) in [4.78, 5) is 31.5. The van der Waals surface area contributed by atoms with Crippen molar-refractivity contribution in [3.8, 4) is 5.75 Å². The number of halogens is 1. The summed E-state index contributed by atoms with van der Waals surface area (Å²) in [5, 5.41) is 13.2. The van der Waals surface area contributed by atoms with Gasteiger partial charge in [-0.2, -0.15) is 0 Å². The second-order valence-corrected chi connectivity index (χ2v) is 8.28. The van der Waals surface area contributed by atoms with Crippen molar-refractivity contribution in [3.05, 3.63) is 81.3 Å². The van der Waals surface area contributed by atoms with Crippen molar-refractivity contribution in [2.45, 2.75) is 13.0 Å². The van der Waals surface area contributed by atoms with E-state index in [1.165, 1.54) is 16.2 Å². The predicted molar refractivity (Wildman–Crippen MR) is 119 cm³/mol. The van der Waals surface area contributed by atoms with E-state index in [0.29, 0.717) is 28.6 Å². The highest BCUT2D eigenvalue weighted by Gasteiger charge is 2.47. The van der Waals surface area contributed by atoms with Gasteiger partial charge >= 0.3 is 5.91 Å². The molecule has 1 fully saturated rings. The van der Waals surface area contributed by atoms with E-state index in [0.717, 1.165) is 4.47 Å². The van der Waals surface area contributed by atoms with Gasteiger partial charge in [0.2, 0.25) is 0 Å². The molecule has 1 N–H and O–H groups in total. The topological polar surface area (TPSA) is 79.7 Å². The lowest BCUT2D eigenvalue weighted by molar-refractivity contribution is -0.132. The van der Waals surface area contributed by atoms with Crippen molar-refractivity contribution >= 4 is 49.8 Å². The van der Waals surface area contributed by atoms with E-state index < -0.39 is 17.7 Å². The van der Waals surface area contributed by atoms with Gasteiger partial charge in [-0.3, -0.25) is 14.5 Å². The van der Waals surface area contributed by atoms with Crippen LogP contribution in [0.1, 0.15) is 24.1 Å². The highest BCUT2D eigenvalue weighted by molar-refractivity contribution is 9.10. The fourth-order valence-corrected chi connectivity index (χ4v) is 4.31. The summed E-state index contributed by atoms with van der Waals surface area (Å²) >= 11 is 4.66. The zero-order valence-electron chi connectivity index (χ0n) is 15.9. The maximum Gasteiger partial charge on any atom is 0.301 e. The highest BCUT2D eigenvalue weighted by atomic mass is 79.9. The van der Waals surface area contributed by atoms with Gasteiger partial charge in [-0.15, -0.1) is 11.3 Å². The van der Waals surface area contributed by atoms with E-state index in [2.05, 4.69) is 20.9 Å². The number of rotatable bonds is 5. The molecule has 0 bridgehead atoms. The summed E-state index contributed by atoms with van der Waals surface area (Å²) in [5.74, 6) is -1.16. The average molecular weight is 485 g/mol. The van der Waals surface area contributed by atoms with Crippen LogP contribution in [-0.4, -0.2) is 28.4 Å². The van der Waals surface area contributed by atoms with Crippen molar-refractivity contribution in [2.75, 3.05) is 11.5 Å². The number of hydrogen-bond acceptors (Lipinski definition) is 6. The minimum atomic E-state index is -0.792. The van der Waals surface area contributed by atoms with E-state index in [1.54, 1.807) is 35.8 Å². The fraction of sp³-hybridized carbons (Fsp3) is 0.136. The number of amides is 1. The molecule has 4 rings (SSSR count). The molecule has 2 aromatic carbocycles. The van der Waals surface area contributed by atoms with Crippen molar-refractivity contribution < 1.29 is 19.4 Å². The van der Waals surface area contributed by atoms with Crippen molar-refractivity contribution in [3.63, 3.8) is 0 Å². The molecule has 0 spiro atoms. The lowest BCUT2D eigenvalue weighted by atomic mass is 9.95. The number of aromatic nitrogens is 1. The molecule has 1 aromatic heterocycles. The Morgan fingerprint density at radius 1 is 1.23 bits per heavy atom. The Kier molecular flexibility index (Phi) is 5.69. The number of aliphatic hydroxyl groups is 1. The van der Waals surface area contributed by atoms with Crippen LogP contribution in [0.4, 0.5) is 5.13 Å². The number of carbonyl (C=O) groups is 2. The molecule has 1 amide bonds. The predicted octanol–water partition coefficient (Wildman–Crippen LogP) is 4.93. The van der Waals surface area contributed by atoms with E-state index in [4.69, 9.17) is 4.74 Å². The van der Waals surface area contributed by atoms with E-state index >= 15 is 0 Å². The van der Waals surface area contributed by atoms with Crippen molar-refractivity contribution in [1.82, 2.24) is 4.98 Å². The van der Waals surface area contributed by atoms with Gasteiger partial charge in [-0.1, -0.05) is 40.2 Å². The van der Waals surface area contributed by atoms with Crippen molar-refractivity contribution in [1.29, 1.82) is 0 Å². The SMILES string of the molecule is CCOc1cccc(C(O)=C2C(=O)C(=O)N(c3nccs3)C2c2ccc(Br)cc2)c1. The van der Waals surface area contributed by atoms with E-state index in [1.807, 2.05) is 31.2 Å². The second-order valence-electron chi connectivity index (χ2n) is 6.50. The van der Waals surface area contributed by atoms with Gasteiger partial charge in [0.05, 0.1) is 18.2 Å². The first kappa shape index (κ1) is 20.3. The van der Waals surface area contributed by atoms with Gasteiger partial charge in [0.15, 0.2) is 5.13 Å². The number of aliphatic hydroxyl groups excluding tert-OH is 1. The highest BCUT2D eigenvalue weighted by Crippen LogP contribution is 2.43. The van der Waals surface area contributed by atoms with Gasteiger partial charge < -0.3 is 9.84 Å². The smallest absolute Gasteiger partial charge is 0.301 e. The first-order chi connectivity index (χ1) is 14.5. The first-order valence-corrected chi connectivity index (χ1v) is 10.9. The molecular weight excluding hydrogens is 468 g/mol. The quantitative estimate of drug-likeness (QED) is 0.315. The number of nitrogens with zero attached hydrogens (tertiary/aromatic N) is 2. The number of ether oxygens (including phenoxy) is 1.